The largest absolute Gasteiger partial charge is 0.436 e. The molecule has 0 amide bonds. The van der Waals surface area contributed by atoms with Crippen LogP contribution in [0.2, 0.25) is 0 Å². The number of rotatable bonds is 5. The minimum Gasteiger partial charge on any atom is -0.436 e. The Hall–Kier alpha value is -6.82. The van der Waals surface area contributed by atoms with Crippen LogP contribution in [0.3, 0.4) is 0 Å². The normalized spacial score (nSPS) is 11.8. The van der Waals surface area contributed by atoms with Crippen molar-refractivity contribution in [3.8, 4) is 50.0 Å². The Morgan fingerprint density at radius 2 is 1.04 bits per heavy atom. The predicted molar refractivity (Wildman–Crippen MR) is 221 cm³/mol. The Kier molecular flexibility index (Phi) is 6.69. The molecule has 3 heterocycles. The van der Waals surface area contributed by atoms with Gasteiger partial charge >= 0.3 is 0 Å². The van der Waals surface area contributed by atoms with E-state index in [0.717, 1.165) is 44.0 Å². The van der Waals surface area contributed by atoms with Crippen LogP contribution >= 0.6 is 11.3 Å². The van der Waals surface area contributed by atoms with Crippen LogP contribution < -0.4 is 0 Å². The zero-order valence-electron chi connectivity index (χ0n) is 28.4. The molecule has 0 fully saturated rings. The summed E-state index contributed by atoms with van der Waals surface area (Å²) in [5.41, 5.74) is 13.0. The second-order valence-corrected chi connectivity index (χ2v) is 14.4. The fraction of sp³-hybridized carbons (Fsp3) is 0. The van der Waals surface area contributed by atoms with Gasteiger partial charge in [-0.2, -0.15) is 0 Å². The third-order valence-corrected chi connectivity index (χ3v) is 11.4. The number of para-hydroxylation sites is 4. The van der Waals surface area contributed by atoms with Gasteiger partial charge in [0.15, 0.2) is 5.58 Å². The first-order chi connectivity index (χ1) is 26.2. The standard InChI is InChI=1S/C48H29N3OS/c1-2-10-34(11-3-1)51-43-26-22-32(30-18-20-31(21-19-30)47-49-41-14-6-8-16-45(41)52-47)28-39(43)40-29-33(23-27-44(40)51)35-24-25-38(37-13-5-4-12-36(35)37)48-50-42-15-7-9-17-46(42)53-48/h1-29H. The van der Waals surface area contributed by atoms with E-state index in [0.29, 0.717) is 5.89 Å². The molecule has 0 aliphatic carbocycles. The number of hydrogen-bond acceptors (Lipinski definition) is 4. The van der Waals surface area contributed by atoms with Crippen molar-refractivity contribution in [3.63, 3.8) is 0 Å². The first kappa shape index (κ1) is 29.9. The van der Waals surface area contributed by atoms with Gasteiger partial charge in [0.1, 0.15) is 10.5 Å². The van der Waals surface area contributed by atoms with Gasteiger partial charge in [0.2, 0.25) is 5.89 Å². The van der Waals surface area contributed by atoms with Gasteiger partial charge in [-0.05, 0) is 106 Å². The molecule has 3 aromatic heterocycles. The SMILES string of the molecule is c1ccc(-n2c3ccc(-c4ccc(-c5nc6ccccc6o5)cc4)cc3c3cc(-c4ccc(-c5nc6ccccc6s5)c5ccccc45)ccc32)cc1. The van der Waals surface area contributed by atoms with E-state index in [9.17, 15) is 0 Å². The van der Waals surface area contributed by atoms with E-state index >= 15 is 0 Å². The summed E-state index contributed by atoms with van der Waals surface area (Å²) >= 11 is 1.75. The van der Waals surface area contributed by atoms with Gasteiger partial charge in [-0.25, -0.2) is 9.97 Å². The maximum absolute atomic E-state index is 6.05. The number of thiazole rings is 1. The zero-order valence-corrected chi connectivity index (χ0v) is 29.2. The van der Waals surface area contributed by atoms with Crippen molar-refractivity contribution in [1.29, 1.82) is 0 Å². The molecule has 0 N–H and O–H groups in total. The van der Waals surface area contributed by atoms with E-state index in [2.05, 4.69) is 156 Å². The molecule has 248 valence electrons. The van der Waals surface area contributed by atoms with E-state index in [1.54, 1.807) is 11.3 Å². The number of hydrogen-bond donors (Lipinski definition) is 0. The molecule has 0 saturated heterocycles. The van der Waals surface area contributed by atoms with Crippen LogP contribution in [-0.4, -0.2) is 14.5 Å². The average Bonchev–Trinajstić information content (AvgIpc) is 3.94. The molecule has 0 saturated carbocycles. The van der Waals surface area contributed by atoms with Gasteiger partial charge in [0.05, 0.1) is 21.3 Å². The molecule has 4 nitrogen and oxygen atoms in total. The fourth-order valence-corrected chi connectivity index (χ4v) is 8.76. The van der Waals surface area contributed by atoms with Crippen LogP contribution in [0.1, 0.15) is 0 Å². The topological polar surface area (TPSA) is 43.9 Å². The summed E-state index contributed by atoms with van der Waals surface area (Å²) in [6, 6.07) is 62.4. The lowest BCUT2D eigenvalue weighted by atomic mass is 9.94. The van der Waals surface area contributed by atoms with Crippen LogP contribution in [0.5, 0.6) is 0 Å². The molecule has 0 spiro atoms. The van der Waals surface area contributed by atoms with Gasteiger partial charge < -0.3 is 8.98 Å². The maximum Gasteiger partial charge on any atom is 0.227 e. The van der Waals surface area contributed by atoms with E-state index in [1.807, 2.05) is 24.3 Å². The predicted octanol–water partition coefficient (Wildman–Crippen LogP) is 13.4. The monoisotopic (exact) mass is 695 g/mol. The minimum absolute atomic E-state index is 0.632. The molecule has 11 aromatic rings. The lowest BCUT2D eigenvalue weighted by molar-refractivity contribution is 0.620. The molecule has 0 aliphatic rings. The summed E-state index contributed by atoms with van der Waals surface area (Å²) in [6.45, 7) is 0. The fourth-order valence-electron chi connectivity index (χ4n) is 7.75. The van der Waals surface area contributed by atoms with Crippen molar-refractivity contribution >= 4 is 65.2 Å². The van der Waals surface area contributed by atoms with Gasteiger partial charge in [-0.15, -0.1) is 11.3 Å². The van der Waals surface area contributed by atoms with Crippen LogP contribution in [0.4, 0.5) is 0 Å². The Morgan fingerprint density at radius 1 is 0.434 bits per heavy atom. The van der Waals surface area contributed by atoms with Crippen molar-refractivity contribution in [2.45, 2.75) is 0 Å². The number of nitrogens with zero attached hydrogens (tertiary/aromatic N) is 3. The van der Waals surface area contributed by atoms with Crippen molar-refractivity contribution in [2.24, 2.45) is 0 Å². The summed E-state index contributed by atoms with van der Waals surface area (Å²) in [5, 5.41) is 5.89. The van der Waals surface area contributed by atoms with Gasteiger partial charge in [0, 0.05) is 27.6 Å². The summed E-state index contributed by atoms with van der Waals surface area (Å²) < 4.78 is 9.63. The molecule has 53 heavy (non-hydrogen) atoms. The van der Waals surface area contributed by atoms with Crippen LogP contribution in [-0.2, 0) is 0 Å². The first-order valence-electron chi connectivity index (χ1n) is 17.7. The molecule has 11 rings (SSSR count). The second kappa shape index (κ2) is 11.9. The van der Waals surface area contributed by atoms with Gasteiger partial charge in [-0.3, -0.25) is 0 Å². The van der Waals surface area contributed by atoms with Crippen LogP contribution in [0, 0.1) is 0 Å². The highest BCUT2D eigenvalue weighted by Gasteiger charge is 2.17. The van der Waals surface area contributed by atoms with E-state index in [4.69, 9.17) is 14.4 Å². The zero-order chi connectivity index (χ0) is 34.9. The molecular weight excluding hydrogens is 667 g/mol. The molecule has 0 bridgehead atoms. The first-order valence-corrected chi connectivity index (χ1v) is 18.5. The van der Waals surface area contributed by atoms with E-state index < -0.39 is 0 Å². The highest BCUT2D eigenvalue weighted by molar-refractivity contribution is 7.21. The highest BCUT2D eigenvalue weighted by Crippen LogP contribution is 2.41. The quantitative estimate of drug-likeness (QED) is 0.180. The van der Waals surface area contributed by atoms with E-state index in [1.165, 1.54) is 54.0 Å². The lowest BCUT2D eigenvalue weighted by Gasteiger charge is -2.11. The third kappa shape index (κ3) is 4.90. The van der Waals surface area contributed by atoms with E-state index in [-0.39, 0.29) is 0 Å². The molecule has 0 unspecified atom stereocenters. The van der Waals surface area contributed by atoms with Crippen LogP contribution in [0.25, 0.3) is 104 Å². The average molecular weight is 696 g/mol. The molecule has 0 radical (unpaired) electrons. The minimum atomic E-state index is 0.632. The van der Waals surface area contributed by atoms with Crippen molar-refractivity contribution in [2.75, 3.05) is 0 Å². The Morgan fingerprint density at radius 3 is 1.81 bits per heavy atom. The Balaban J connectivity index is 1.06. The third-order valence-electron chi connectivity index (χ3n) is 10.3. The van der Waals surface area contributed by atoms with Crippen molar-refractivity contribution < 1.29 is 4.42 Å². The van der Waals surface area contributed by atoms with Gasteiger partial charge in [0.25, 0.3) is 0 Å². The molecule has 5 heteroatoms. The smallest absolute Gasteiger partial charge is 0.227 e. The molecule has 8 aromatic carbocycles. The summed E-state index contributed by atoms with van der Waals surface area (Å²) in [7, 11) is 0. The maximum atomic E-state index is 6.05. The molecule has 0 atom stereocenters. The van der Waals surface area contributed by atoms with Gasteiger partial charge in [-0.1, -0.05) is 103 Å². The summed E-state index contributed by atoms with van der Waals surface area (Å²) in [4.78, 5) is 9.71. The summed E-state index contributed by atoms with van der Waals surface area (Å²) in [5.74, 6) is 0.632. The molecular formula is C48H29N3OS. The number of oxazole rings is 1. The lowest BCUT2D eigenvalue weighted by Crippen LogP contribution is -1.93. The number of benzene rings is 8. The van der Waals surface area contributed by atoms with Crippen molar-refractivity contribution in [1.82, 2.24) is 14.5 Å². The van der Waals surface area contributed by atoms with Crippen LogP contribution in [0.15, 0.2) is 180 Å². The second-order valence-electron chi connectivity index (χ2n) is 13.4. The number of aromatic nitrogens is 3. The number of fused-ring (bicyclic) bond motifs is 6. The Bertz CT molecular complexity index is 3100. The Labute approximate surface area is 308 Å². The van der Waals surface area contributed by atoms with Crippen molar-refractivity contribution in [3.05, 3.63) is 176 Å². The summed E-state index contributed by atoms with van der Waals surface area (Å²) in [6.07, 6.45) is 0. The highest BCUT2D eigenvalue weighted by atomic mass is 32.1. The molecule has 0 aliphatic heterocycles.